The van der Waals surface area contributed by atoms with Gasteiger partial charge in [0, 0.05) is 53.0 Å². The summed E-state index contributed by atoms with van der Waals surface area (Å²) in [7, 11) is 0. The molecule has 0 spiro atoms. The molecule has 3 aromatic heterocycles. The average molecular weight is 641 g/mol. The van der Waals surface area contributed by atoms with Gasteiger partial charge in [-0.05, 0) is 80.9 Å². The van der Waals surface area contributed by atoms with Crippen molar-refractivity contribution in [3.05, 3.63) is 113 Å². The number of pyridine rings is 2. The minimum atomic E-state index is -0.391. The van der Waals surface area contributed by atoms with Crippen molar-refractivity contribution in [2.24, 2.45) is 0 Å². The number of carbonyl (C=O) groups is 1. The molecule has 2 aliphatic heterocycles. The van der Waals surface area contributed by atoms with E-state index in [-0.39, 0.29) is 18.6 Å². The number of anilines is 1. The normalized spacial score (nSPS) is 17.1. The van der Waals surface area contributed by atoms with Gasteiger partial charge in [0.25, 0.3) is 5.91 Å². The number of nitrogens with zero attached hydrogens (tertiary/aromatic N) is 5. The number of aromatic nitrogens is 4. The summed E-state index contributed by atoms with van der Waals surface area (Å²) in [5.41, 5.74) is 4.49. The maximum Gasteiger partial charge on any atom is 0.257 e. The number of halogens is 2. The summed E-state index contributed by atoms with van der Waals surface area (Å²) in [6, 6.07) is 19.7. The van der Waals surface area contributed by atoms with Crippen molar-refractivity contribution < 1.29 is 18.7 Å². The third kappa shape index (κ3) is 6.89. The molecule has 0 saturated carbocycles. The molecule has 7 rings (SSSR count). The Bertz CT molecular complexity index is 1840. The lowest BCUT2D eigenvalue weighted by Crippen LogP contribution is -2.35. The molecule has 11 heteroatoms. The molecule has 0 bridgehead atoms. The van der Waals surface area contributed by atoms with E-state index >= 15 is 0 Å². The lowest BCUT2D eigenvalue weighted by Gasteiger charge is -2.32. The fraction of sp³-hybridized carbons (Fsp3) is 0.314. The second-order valence-electron chi connectivity index (χ2n) is 11.8. The second-order valence-corrected chi connectivity index (χ2v) is 12.2. The summed E-state index contributed by atoms with van der Waals surface area (Å²) >= 11 is 5.87. The van der Waals surface area contributed by atoms with Crippen LogP contribution in [0.4, 0.5) is 10.1 Å². The number of hydrogen-bond donors (Lipinski definition) is 1. The van der Waals surface area contributed by atoms with Gasteiger partial charge in [-0.25, -0.2) is 14.4 Å². The van der Waals surface area contributed by atoms with E-state index in [1.807, 2.05) is 30.3 Å². The van der Waals surface area contributed by atoms with E-state index < -0.39 is 5.82 Å². The number of likely N-dealkylation sites (tertiary alicyclic amines) is 1. The highest BCUT2D eigenvalue weighted by Gasteiger charge is 2.26. The molecule has 2 fully saturated rings. The molecular weight excluding hydrogens is 607 g/mol. The van der Waals surface area contributed by atoms with Crippen LogP contribution in [0.25, 0.3) is 11.0 Å². The van der Waals surface area contributed by atoms with Crippen LogP contribution in [0.1, 0.15) is 52.6 Å². The number of carbonyl (C=O) groups excluding carboxylic acids is 1. The molecule has 46 heavy (non-hydrogen) atoms. The molecule has 5 heterocycles. The van der Waals surface area contributed by atoms with Gasteiger partial charge in [0.15, 0.2) is 0 Å². The zero-order valence-corrected chi connectivity index (χ0v) is 26.0. The van der Waals surface area contributed by atoms with Gasteiger partial charge in [-0.2, -0.15) is 0 Å². The van der Waals surface area contributed by atoms with Gasteiger partial charge in [0.05, 0.1) is 35.8 Å². The molecule has 1 amide bonds. The summed E-state index contributed by atoms with van der Waals surface area (Å²) in [5.74, 6) is 1.18. The minimum absolute atomic E-state index is 0.0865. The third-order valence-corrected chi connectivity index (χ3v) is 8.93. The predicted molar refractivity (Wildman–Crippen MR) is 174 cm³/mol. The molecule has 2 aliphatic rings. The summed E-state index contributed by atoms with van der Waals surface area (Å²) in [4.78, 5) is 29.0. The first-order chi connectivity index (χ1) is 22.5. The molecule has 236 valence electrons. The first kappa shape index (κ1) is 30.3. The molecule has 2 aromatic carbocycles. The Kier molecular flexibility index (Phi) is 8.91. The zero-order chi connectivity index (χ0) is 31.5. The summed E-state index contributed by atoms with van der Waals surface area (Å²) < 4.78 is 28.1. The number of nitrogens with one attached hydrogen (secondary N) is 1. The fourth-order valence-corrected chi connectivity index (χ4v) is 6.19. The van der Waals surface area contributed by atoms with Crippen molar-refractivity contribution in [2.45, 2.75) is 51.0 Å². The van der Waals surface area contributed by atoms with Crippen LogP contribution in [-0.2, 0) is 24.4 Å². The topological polar surface area (TPSA) is 94.4 Å². The Hall–Kier alpha value is -4.38. The third-order valence-electron chi connectivity index (χ3n) is 8.70. The van der Waals surface area contributed by atoms with Gasteiger partial charge >= 0.3 is 0 Å². The van der Waals surface area contributed by atoms with Crippen molar-refractivity contribution >= 4 is 34.2 Å². The second kappa shape index (κ2) is 13.5. The van der Waals surface area contributed by atoms with Crippen molar-refractivity contribution in [1.29, 1.82) is 0 Å². The number of imidazole rings is 1. The highest BCUT2D eigenvalue weighted by atomic mass is 35.5. The van der Waals surface area contributed by atoms with Crippen LogP contribution in [0.3, 0.4) is 0 Å². The highest BCUT2D eigenvalue weighted by molar-refractivity contribution is 6.30. The molecule has 0 aliphatic carbocycles. The zero-order valence-electron chi connectivity index (χ0n) is 25.2. The lowest BCUT2D eigenvalue weighted by molar-refractivity contribution is -0.0592. The number of benzene rings is 2. The SMILES string of the molecule is O=C(Nc1ccc2c(c1)nc(CN1CCC(c3cccc(OCc4ccc(Cl)cc4F)n3)CC1)n2C[C@@H]1CCO1)c1cccnc1. The Balaban J connectivity index is 1.01. The number of ether oxygens (including phenoxy) is 2. The molecule has 5 aromatic rings. The van der Waals surface area contributed by atoms with Crippen LogP contribution in [0, 0.1) is 5.82 Å². The molecule has 2 saturated heterocycles. The van der Waals surface area contributed by atoms with Crippen molar-refractivity contribution in [3.8, 4) is 5.88 Å². The highest BCUT2D eigenvalue weighted by Crippen LogP contribution is 2.30. The van der Waals surface area contributed by atoms with Gasteiger partial charge < -0.3 is 19.4 Å². The van der Waals surface area contributed by atoms with Crippen molar-refractivity contribution in [2.75, 3.05) is 25.0 Å². The minimum Gasteiger partial charge on any atom is -0.473 e. The van der Waals surface area contributed by atoms with Gasteiger partial charge in [-0.15, -0.1) is 0 Å². The number of piperidine rings is 1. The first-order valence-corrected chi connectivity index (χ1v) is 15.9. The number of fused-ring (bicyclic) bond motifs is 1. The maximum absolute atomic E-state index is 14.2. The molecule has 1 atom stereocenters. The van der Waals surface area contributed by atoms with E-state index in [0.717, 1.165) is 68.1 Å². The largest absolute Gasteiger partial charge is 0.473 e. The standard InChI is InChI=1S/C35H34ClFN6O3/c36-26-7-6-25(29(37)17-26)22-46-34-5-1-4-30(41-34)23-10-14-42(15-11-23)21-33-40-31-18-27(39-35(44)24-3-2-13-38-19-24)8-9-32(31)43(33)20-28-12-16-45-28/h1-9,13,17-19,23,28H,10-12,14-16,20-22H2,(H,39,44)/t28-/m0/s1. The maximum atomic E-state index is 14.2. The van der Waals surface area contributed by atoms with E-state index in [4.69, 9.17) is 31.0 Å². The summed E-state index contributed by atoms with van der Waals surface area (Å²) in [6.45, 7) is 4.16. The number of hydrogen-bond acceptors (Lipinski definition) is 7. The van der Waals surface area contributed by atoms with Gasteiger partial charge in [0.2, 0.25) is 5.88 Å². The molecular formula is C35H34ClFN6O3. The van der Waals surface area contributed by atoms with E-state index in [9.17, 15) is 9.18 Å². The predicted octanol–water partition coefficient (Wildman–Crippen LogP) is 6.62. The summed E-state index contributed by atoms with van der Waals surface area (Å²) in [5, 5.41) is 3.32. The molecule has 1 N–H and O–H groups in total. The fourth-order valence-electron chi connectivity index (χ4n) is 6.03. The Morgan fingerprint density at radius 3 is 2.67 bits per heavy atom. The van der Waals surface area contributed by atoms with E-state index in [2.05, 4.69) is 19.8 Å². The van der Waals surface area contributed by atoms with E-state index in [0.29, 0.717) is 40.2 Å². The van der Waals surface area contributed by atoms with Crippen LogP contribution in [-0.4, -0.2) is 56.1 Å². The lowest BCUT2D eigenvalue weighted by atomic mass is 9.93. The smallest absolute Gasteiger partial charge is 0.257 e. The Morgan fingerprint density at radius 1 is 1.04 bits per heavy atom. The first-order valence-electron chi connectivity index (χ1n) is 15.6. The van der Waals surface area contributed by atoms with Crippen LogP contribution >= 0.6 is 11.6 Å². The van der Waals surface area contributed by atoms with Gasteiger partial charge in [-0.1, -0.05) is 23.7 Å². The van der Waals surface area contributed by atoms with Crippen LogP contribution in [0.5, 0.6) is 5.88 Å². The quantitative estimate of drug-likeness (QED) is 0.183. The molecule has 0 unspecified atom stereocenters. The molecule has 9 nitrogen and oxygen atoms in total. The number of amides is 1. The van der Waals surface area contributed by atoms with E-state index in [1.54, 1.807) is 42.7 Å². The summed E-state index contributed by atoms with van der Waals surface area (Å²) in [6.07, 6.45) is 6.33. The van der Waals surface area contributed by atoms with Gasteiger partial charge in [-0.3, -0.25) is 14.7 Å². The van der Waals surface area contributed by atoms with E-state index in [1.165, 1.54) is 6.07 Å². The van der Waals surface area contributed by atoms with Crippen LogP contribution in [0.15, 0.2) is 79.1 Å². The number of rotatable bonds is 10. The van der Waals surface area contributed by atoms with Crippen LogP contribution < -0.4 is 10.1 Å². The monoisotopic (exact) mass is 640 g/mol. The molecule has 0 radical (unpaired) electrons. The Morgan fingerprint density at radius 2 is 1.91 bits per heavy atom. The average Bonchev–Trinajstić information content (AvgIpc) is 3.38. The van der Waals surface area contributed by atoms with Crippen molar-refractivity contribution in [1.82, 2.24) is 24.4 Å². The van der Waals surface area contributed by atoms with Gasteiger partial charge in [0.1, 0.15) is 18.2 Å². The Labute approximate surface area is 271 Å². The van der Waals surface area contributed by atoms with Crippen molar-refractivity contribution in [3.63, 3.8) is 0 Å². The van der Waals surface area contributed by atoms with Crippen LogP contribution in [0.2, 0.25) is 5.02 Å².